The summed E-state index contributed by atoms with van der Waals surface area (Å²) in [6.45, 7) is 5.00. The molecular weight excluding hydrogens is 412 g/mol. The second kappa shape index (κ2) is 11.2. The van der Waals surface area contributed by atoms with Crippen LogP contribution in [0.5, 0.6) is 0 Å². The summed E-state index contributed by atoms with van der Waals surface area (Å²) in [6, 6.07) is 11.4. The monoisotopic (exact) mass is 435 g/mol. The third-order valence-electron chi connectivity index (χ3n) is 4.88. The highest BCUT2D eigenvalue weighted by molar-refractivity contribution is 6.32. The summed E-state index contributed by atoms with van der Waals surface area (Å²) in [6.07, 6.45) is 2.09. The Hall–Kier alpha value is -2.13. The van der Waals surface area contributed by atoms with Crippen molar-refractivity contribution in [2.24, 2.45) is 0 Å². The summed E-state index contributed by atoms with van der Waals surface area (Å²) >= 11 is 12.5. The van der Waals surface area contributed by atoms with Crippen molar-refractivity contribution in [2.45, 2.75) is 45.3 Å². The molecule has 4 nitrogen and oxygen atoms in total. The van der Waals surface area contributed by atoms with Gasteiger partial charge in [0.15, 0.2) is 0 Å². The molecule has 0 heterocycles. The summed E-state index contributed by atoms with van der Waals surface area (Å²) in [5, 5.41) is 13.3. The van der Waals surface area contributed by atoms with Gasteiger partial charge in [0.05, 0.1) is 10.6 Å². The number of hydrogen-bond donors (Lipinski definition) is 1. The summed E-state index contributed by atoms with van der Waals surface area (Å²) in [5.41, 5.74) is 1.70. The maximum absolute atomic E-state index is 13.8. The number of carbonyl (C=O) groups excluding carboxylic acids is 1. The number of carbonyl (C=O) groups is 1. The molecule has 0 amide bonds. The molecule has 7 heteroatoms. The van der Waals surface area contributed by atoms with Gasteiger partial charge in [0.2, 0.25) is 0 Å². The largest absolute Gasteiger partial charge is 0.362 e. The predicted molar refractivity (Wildman–Crippen MR) is 116 cm³/mol. The predicted octanol–water partition coefficient (Wildman–Crippen LogP) is 5.36. The third kappa shape index (κ3) is 6.43. The van der Waals surface area contributed by atoms with Crippen molar-refractivity contribution in [3.63, 3.8) is 0 Å². The van der Waals surface area contributed by atoms with Crippen molar-refractivity contribution in [3.8, 4) is 6.07 Å². The van der Waals surface area contributed by atoms with Gasteiger partial charge in [-0.3, -0.25) is 0 Å². The summed E-state index contributed by atoms with van der Waals surface area (Å²) < 4.78 is 13.8. The molecule has 2 aromatic rings. The molecule has 0 saturated carbocycles. The lowest BCUT2D eigenvalue weighted by Crippen LogP contribution is -2.44. The molecule has 0 aliphatic carbocycles. The molecule has 2 aromatic carbocycles. The van der Waals surface area contributed by atoms with Crippen LogP contribution in [0.15, 0.2) is 36.4 Å². The van der Waals surface area contributed by atoms with Crippen LogP contribution < -0.4 is 10.2 Å². The van der Waals surface area contributed by atoms with Crippen LogP contribution in [-0.4, -0.2) is 24.9 Å². The summed E-state index contributed by atoms with van der Waals surface area (Å²) in [7, 11) is 0. The Balaban J connectivity index is 2.44. The van der Waals surface area contributed by atoms with Crippen molar-refractivity contribution in [1.82, 2.24) is 5.32 Å². The highest BCUT2D eigenvalue weighted by Crippen LogP contribution is 2.29. The second-order valence-electron chi connectivity index (χ2n) is 6.91. The Morgan fingerprint density at radius 1 is 1.24 bits per heavy atom. The van der Waals surface area contributed by atoms with Gasteiger partial charge in [-0.2, -0.15) is 5.26 Å². The average molecular weight is 436 g/mol. The van der Waals surface area contributed by atoms with Crippen molar-refractivity contribution < 1.29 is 9.18 Å². The Labute approximate surface area is 181 Å². The van der Waals surface area contributed by atoms with E-state index in [-0.39, 0.29) is 24.3 Å². The first kappa shape index (κ1) is 23.2. The lowest BCUT2D eigenvalue weighted by molar-refractivity contribution is -0.108. The minimum absolute atomic E-state index is 0.204. The van der Waals surface area contributed by atoms with Crippen molar-refractivity contribution in [2.75, 3.05) is 11.4 Å². The van der Waals surface area contributed by atoms with Crippen LogP contribution in [0.25, 0.3) is 0 Å². The average Bonchev–Trinajstić information content (AvgIpc) is 2.71. The highest BCUT2D eigenvalue weighted by Gasteiger charge is 2.22. The minimum atomic E-state index is -0.383. The number of rotatable bonds is 10. The van der Waals surface area contributed by atoms with Crippen LogP contribution in [0.3, 0.4) is 0 Å². The fourth-order valence-corrected chi connectivity index (χ4v) is 3.36. The quantitative estimate of drug-likeness (QED) is 0.510. The normalized spacial score (nSPS) is 12.8. The van der Waals surface area contributed by atoms with Crippen molar-refractivity contribution in [3.05, 3.63) is 63.4 Å². The standard InChI is InChI=1S/C22H24Cl2FN3O/c1-3-15(2)27-13-20(8-9-29)28(14-17-10-18(25)5-7-21(17)23)19-6-4-16(12-26)22(24)11-19/h4-7,9-11,15,20,27H,3,8,13-14H2,1-2H3/t15?,20-/m0/s1. The first-order chi connectivity index (χ1) is 13.9. The zero-order valence-electron chi connectivity index (χ0n) is 16.5. The third-order valence-corrected chi connectivity index (χ3v) is 5.56. The Bertz CT molecular complexity index is 885. The maximum atomic E-state index is 13.8. The van der Waals surface area contributed by atoms with Gasteiger partial charge < -0.3 is 15.0 Å². The van der Waals surface area contributed by atoms with E-state index in [1.807, 2.05) is 11.0 Å². The van der Waals surface area contributed by atoms with Gasteiger partial charge in [-0.25, -0.2) is 4.39 Å². The van der Waals surface area contributed by atoms with Crippen LogP contribution in [0.2, 0.25) is 10.0 Å². The Morgan fingerprint density at radius 3 is 2.62 bits per heavy atom. The number of halogens is 3. The molecule has 0 saturated heterocycles. The molecule has 29 heavy (non-hydrogen) atoms. The van der Waals surface area contributed by atoms with E-state index in [1.54, 1.807) is 18.2 Å². The van der Waals surface area contributed by atoms with Gasteiger partial charge in [-0.15, -0.1) is 0 Å². The molecule has 2 atom stereocenters. The molecule has 1 unspecified atom stereocenters. The van der Waals surface area contributed by atoms with Crippen LogP contribution in [0, 0.1) is 17.1 Å². The fourth-order valence-electron chi connectivity index (χ4n) is 2.97. The van der Waals surface area contributed by atoms with E-state index in [1.165, 1.54) is 18.2 Å². The number of nitrogens with one attached hydrogen (secondary N) is 1. The first-order valence-corrected chi connectivity index (χ1v) is 10.2. The number of nitriles is 1. The number of anilines is 1. The van der Waals surface area contributed by atoms with Gasteiger partial charge in [-0.05, 0) is 55.3 Å². The molecular formula is C22H24Cl2FN3O. The number of nitrogens with zero attached hydrogens (tertiary/aromatic N) is 2. The molecule has 0 radical (unpaired) electrons. The van der Waals surface area contributed by atoms with E-state index >= 15 is 0 Å². The number of benzene rings is 2. The summed E-state index contributed by atoms with van der Waals surface area (Å²) in [4.78, 5) is 13.4. The SMILES string of the molecule is CCC(C)NC[C@H](CC=O)N(Cc1cc(F)ccc1Cl)c1ccc(C#N)c(Cl)c1. The lowest BCUT2D eigenvalue weighted by atomic mass is 10.1. The fraction of sp³-hybridized carbons (Fsp3) is 0.364. The smallest absolute Gasteiger partial charge is 0.123 e. The van der Waals surface area contributed by atoms with Crippen LogP contribution >= 0.6 is 23.2 Å². The molecule has 0 aliphatic heterocycles. The lowest BCUT2D eigenvalue weighted by Gasteiger charge is -2.34. The van der Waals surface area contributed by atoms with E-state index in [4.69, 9.17) is 28.5 Å². The molecule has 0 aromatic heterocycles. The zero-order valence-corrected chi connectivity index (χ0v) is 18.0. The van der Waals surface area contributed by atoms with E-state index < -0.39 is 0 Å². The van der Waals surface area contributed by atoms with Crippen LogP contribution in [0.4, 0.5) is 10.1 Å². The molecule has 0 aliphatic rings. The van der Waals surface area contributed by atoms with Crippen LogP contribution in [-0.2, 0) is 11.3 Å². The van der Waals surface area contributed by atoms with Crippen molar-refractivity contribution >= 4 is 35.2 Å². The molecule has 154 valence electrons. The zero-order chi connectivity index (χ0) is 21.4. The maximum Gasteiger partial charge on any atom is 0.123 e. The van der Waals surface area contributed by atoms with Crippen LogP contribution in [0.1, 0.15) is 37.8 Å². The van der Waals surface area contributed by atoms with Crippen molar-refractivity contribution in [1.29, 1.82) is 5.26 Å². The highest BCUT2D eigenvalue weighted by atomic mass is 35.5. The Morgan fingerprint density at radius 2 is 2.00 bits per heavy atom. The van der Waals surface area contributed by atoms with E-state index in [9.17, 15) is 9.18 Å². The van der Waals surface area contributed by atoms with E-state index in [0.29, 0.717) is 34.3 Å². The van der Waals surface area contributed by atoms with Gasteiger partial charge in [0.1, 0.15) is 18.2 Å². The molecule has 0 bridgehead atoms. The van der Waals surface area contributed by atoms with E-state index in [2.05, 4.69) is 19.2 Å². The number of aldehydes is 1. The second-order valence-corrected chi connectivity index (χ2v) is 7.73. The van der Waals surface area contributed by atoms with Gasteiger partial charge in [0, 0.05) is 42.3 Å². The van der Waals surface area contributed by atoms with Gasteiger partial charge in [-0.1, -0.05) is 30.1 Å². The minimum Gasteiger partial charge on any atom is -0.362 e. The molecule has 0 spiro atoms. The number of hydrogen-bond acceptors (Lipinski definition) is 4. The Kier molecular flexibility index (Phi) is 8.91. The molecule has 0 fully saturated rings. The van der Waals surface area contributed by atoms with Gasteiger partial charge >= 0.3 is 0 Å². The molecule has 1 N–H and O–H groups in total. The first-order valence-electron chi connectivity index (χ1n) is 9.46. The van der Waals surface area contributed by atoms with E-state index in [0.717, 1.165) is 18.4 Å². The summed E-state index contributed by atoms with van der Waals surface area (Å²) in [5.74, 6) is -0.383. The topological polar surface area (TPSA) is 56.1 Å². The molecule has 2 rings (SSSR count). The van der Waals surface area contributed by atoms with Gasteiger partial charge in [0.25, 0.3) is 0 Å².